The van der Waals surface area contributed by atoms with E-state index < -0.39 is 0 Å². The first kappa shape index (κ1) is 12.3. The van der Waals surface area contributed by atoms with Gasteiger partial charge >= 0.3 is 0 Å². The van der Waals surface area contributed by atoms with Crippen molar-refractivity contribution in [3.63, 3.8) is 0 Å². The van der Waals surface area contributed by atoms with Gasteiger partial charge in [0.25, 0.3) is 0 Å². The van der Waals surface area contributed by atoms with Crippen LogP contribution in [-0.2, 0) is 6.54 Å². The van der Waals surface area contributed by atoms with Crippen LogP contribution in [0.25, 0.3) is 0 Å². The molecule has 15 heavy (non-hydrogen) atoms. The van der Waals surface area contributed by atoms with Gasteiger partial charge in [0.1, 0.15) is 0 Å². The molecule has 1 aromatic carbocycles. The summed E-state index contributed by atoms with van der Waals surface area (Å²) in [5, 5.41) is 3.36. The second-order valence-corrected chi connectivity index (χ2v) is 4.43. The zero-order valence-corrected chi connectivity index (χ0v) is 10.5. The first-order valence-corrected chi connectivity index (χ1v) is 5.99. The lowest BCUT2D eigenvalue weighted by atomic mass is 10.1. The summed E-state index contributed by atoms with van der Waals surface area (Å²) >= 11 is 3.45. The van der Waals surface area contributed by atoms with Crippen molar-refractivity contribution >= 4 is 15.9 Å². The molecule has 0 saturated heterocycles. The van der Waals surface area contributed by atoms with Crippen molar-refractivity contribution in [3.05, 3.63) is 34.3 Å². The van der Waals surface area contributed by atoms with Crippen LogP contribution in [-0.4, -0.2) is 6.04 Å². The number of nitrogens with one attached hydrogen (secondary N) is 1. The van der Waals surface area contributed by atoms with Crippen LogP contribution in [0.4, 0.5) is 0 Å². The number of halogens is 1. The highest BCUT2D eigenvalue weighted by Crippen LogP contribution is 2.11. The van der Waals surface area contributed by atoms with Crippen LogP contribution in [0.5, 0.6) is 0 Å². The van der Waals surface area contributed by atoms with Crippen molar-refractivity contribution in [1.29, 1.82) is 0 Å². The van der Waals surface area contributed by atoms with E-state index >= 15 is 0 Å². The lowest BCUT2D eigenvalue weighted by molar-refractivity contribution is 0.563. The first-order chi connectivity index (χ1) is 7.26. The molecule has 2 heteroatoms. The van der Waals surface area contributed by atoms with Crippen molar-refractivity contribution in [2.24, 2.45) is 0 Å². The predicted molar refractivity (Wildman–Crippen MR) is 68.5 cm³/mol. The van der Waals surface area contributed by atoms with E-state index in [1.54, 1.807) is 0 Å². The molecule has 0 aromatic heterocycles. The molecular formula is C13H16BrN. The third-order valence-electron chi connectivity index (χ3n) is 2.22. The lowest BCUT2D eigenvalue weighted by Gasteiger charge is -2.11. The predicted octanol–water partition coefficient (Wildman–Crippen LogP) is 3.34. The van der Waals surface area contributed by atoms with Gasteiger partial charge in [-0.3, -0.25) is 5.32 Å². The molecule has 1 N–H and O–H groups in total. The number of hydrogen-bond donors (Lipinski definition) is 1. The smallest absolute Gasteiger partial charge is 0.0689 e. The molecule has 1 atom stereocenters. The zero-order valence-electron chi connectivity index (χ0n) is 8.96. The van der Waals surface area contributed by atoms with E-state index in [0.29, 0.717) is 0 Å². The summed E-state index contributed by atoms with van der Waals surface area (Å²) in [5.41, 5.74) is 1.25. The number of terminal acetylenes is 1. The maximum atomic E-state index is 5.43. The van der Waals surface area contributed by atoms with Gasteiger partial charge in [-0.15, -0.1) is 6.42 Å². The van der Waals surface area contributed by atoms with Crippen molar-refractivity contribution < 1.29 is 0 Å². The molecule has 80 valence electrons. The highest BCUT2D eigenvalue weighted by atomic mass is 79.9. The van der Waals surface area contributed by atoms with Crippen LogP contribution in [0.1, 0.15) is 25.3 Å². The van der Waals surface area contributed by atoms with Gasteiger partial charge < -0.3 is 0 Å². The molecule has 1 aromatic rings. The maximum absolute atomic E-state index is 5.43. The Labute approximate surface area is 100 Å². The molecule has 1 unspecified atom stereocenters. The average molecular weight is 266 g/mol. The third-order valence-corrected chi connectivity index (χ3v) is 2.71. The standard InChI is InChI=1S/C13H16BrN/c1-3-6-13(4-2)15-10-11-7-5-8-12(14)9-11/h2,5,7-9,13,15H,3,6,10H2,1H3. The topological polar surface area (TPSA) is 12.0 Å². The summed E-state index contributed by atoms with van der Waals surface area (Å²) in [6, 6.07) is 8.44. The fourth-order valence-electron chi connectivity index (χ4n) is 1.42. The quantitative estimate of drug-likeness (QED) is 0.806. The molecule has 1 rings (SSSR count). The van der Waals surface area contributed by atoms with E-state index in [0.717, 1.165) is 23.9 Å². The van der Waals surface area contributed by atoms with E-state index in [-0.39, 0.29) is 6.04 Å². The van der Waals surface area contributed by atoms with Gasteiger partial charge in [-0.05, 0) is 24.1 Å². The van der Waals surface area contributed by atoms with E-state index in [9.17, 15) is 0 Å². The highest BCUT2D eigenvalue weighted by molar-refractivity contribution is 9.10. The second-order valence-electron chi connectivity index (χ2n) is 3.52. The van der Waals surface area contributed by atoms with Crippen molar-refractivity contribution in [1.82, 2.24) is 5.32 Å². The van der Waals surface area contributed by atoms with Crippen molar-refractivity contribution in [2.75, 3.05) is 0 Å². The van der Waals surface area contributed by atoms with E-state index in [1.165, 1.54) is 5.56 Å². The lowest BCUT2D eigenvalue weighted by Crippen LogP contribution is -2.26. The average Bonchev–Trinajstić information content (AvgIpc) is 2.24. The van der Waals surface area contributed by atoms with Gasteiger partial charge in [0.15, 0.2) is 0 Å². The molecule has 0 aliphatic heterocycles. The van der Waals surface area contributed by atoms with Gasteiger partial charge in [0.2, 0.25) is 0 Å². The molecular weight excluding hydrogens is 250 g/mol. The van der Waals surface area contributed by atoms with Gasteiger partial charge in [-0.25, -0.2) is 0 Å². The zero-order chi connectivity index (χ0) is 11.1. The fraction of sp³-hybridized carbons (Fsp3) is 0.385. The summed E-state index contributed by atoms with van der Waals surface area (Å²) in [4.78, 5) is 0. The van der Waals surface area contributed by atoms with Gasteiger partial charge in [-0.2, -0.15) is 0 Å². The molecule has 1 nitrogen and oxygen atoms in total. The Morgan fingerprint density at radius 2 is 2.33 bits per heavy atom. The summed E-state index contributed by atoms with van der Waals surface area (Å²) in [7, 11) is 0. The first-order valence-electron chi connectivity index (χ1n) is 5.20. The Kier molecular flexibility index (Phi) is 5.45. The largest absolute Gasteiger partial charge is 0.300 e. The fourth-order valence-corrected chi connectivity index (χ4v) is 1.87. The second kappa shape index (κ2) is 6.66. The number of benzene rings is 1. The Morgan fingerprint density at radius 1 is 1.53 bits per heavy atom. The minimum atomic E-state index is 0.189. The molecule has 0 saturated carbocycles. The molecule has 0 aliphatic carbocycles. The Bertz CT molecular complexity index is 341. The molecule has 0 aliphatic rings. The molecule has 0 fully saturated rings. The van der Waals surface area contributed by atoms with E-state index in [2.05, 4.69) is 46.2 Å². The van der Waals surface area contributed by atoms with Crippen LogP contribution in [0, 0.1) is 12.3 Å². The Morgan fingerprint density at radius 3 is 2.93 bits per heavy atom. The molecule has 0 bridgehead atoms. The van der Waals surface area contributed by atoms with Gasteiger partial charge in [-0.1, -0.05) is 47.3 Å². The van der Waals surface area contributed by atoms with Crippen molar-refractivity contribution in [3.8, 4) is 12.3 Å². The van der Waals surface area contributed by atoms with E-state index in [4.69, 9.17) is 6.42 Å². The van der Waals surface area contributed by atoms with Gasteiger partial charge in [0, 0.05) is 11.0 Å². The number of hydrogen-bond acceptors (Lipinski definition) is 1. The third kappa shape index (κ3) is 4.51. The monoisotopic (exact) mass is 265 g/mol. The summed E-state index contributed by atoms with van der Waals surface area (Å²) in [5.74, 6) is 2.77. The number of rotatable bonds is 5. The SMILES string of the molecule is C#CC(CCC)NCc1cccc(Br)c1. The van der Waals surface area contributed by atoms with Crippen LogP contribution >= 0.6 is 15.9 Å². The Hall–Kier alpha value is -0.780. The molecule has 0 amide bonds. The van der Waals surface area contributed by atoms with Crippen LogP contribution in [0.15, 0.2) is 28.7 Å². The molecule has 0 heterocycles. The Balaban J connectivity index is 2.46. The molecule has 0 spiro atoms. The van der Waals surface area contributed by atoms with Crippen LogP contribution in [0.3, 0.4) is 0 Å². The van der Waals surface area contributed by atoms with Crippen LogP contribution < -0.4 is 5.32 Å². The van der Waals surface area contributed by atoms with E-state index in [1.807, 2.05) is 12.1 Å². The summed E-state index contributed by atoms with van der Waals surface area (Å²) in [6.45, 7) is 2.97. The van der Waals surface area contributed by atoms with Crippen molar-refractivity contribution in [2.45, 2.75) is 32.4 Å². The minimum absolute atomic E-state index is 0.189. The van der Waals surface area contributed by atoms with Gasteiger partial charge in [0.05, 0.1) is 6.04 Å². The normalized spacial score (nSPS) is 12.1. The highest BCUT2D eigenvalue weighted by Gasteiger charge is 2.02. The summed E-state index contributed by atoms with van der Waals surface area (Å²) in [6.07, 6.45) is 7.57. The maximum Gasteiger partial charge on any atom is 0.0689 e. The minimum Gasteiger partial charge on any atom is -0.300 e. The van der Waals surface area contributed by atoms with Crippen LogP contribution in [0.2, 0.25) is 0 Å². The summed E-state index contributed by atoms with van der Waals surface area (Å²) < 4.78 is 1.11. The molecule has 0 radical (unpaired) electrons.